The molecule has 20 heavy (non-hydrogen) atoms. The Morgan fingerprint density at radius 2 is 2.35 bits per heavy atom. The van der Waals surface area contributed by atoms with E-state index in [1.165, 1.54) is 0 Å². The lowest BCUT2D eigenvalue weighted by Gasteiger charge is -2.36. The summed E-state index contributed by atoms with van der Waals surface area (Å²) in [5.41, 5.74) is 0.718. The minimum absolute atomic E-state index is 0.114. The first-order chi connectivity index (χ1) is 9.72. The zero-order valence-electron chi connectivity index (χ0n) is 11.3. The van der Waals surface area contributed by atoms with E-state index in [-0.39, 0.29) is 11.3 Å². The van der Waals surface area contributed by atoms with Crippen molar-refractivity contribution in [3.63, 3.8) is 0 Å². The zero-order chi connectivity index (χ0) is 14.0. The Morgan fingerprint density at radius 1 is 1.50 bits per heavy atom. The molecule has 4 nitrogen and oxygen atoms in total. The van der Waals surface area contributed by atoms with Crippen LogP contribution in [0.1, 0.15) is 12.0 Å². The van der Waals surface area contributed by atoms with Gasteiger partial charge < -0.3 is 15.4 Å². The molecule has 1 aromatic carbocycles. The van der Waals surface area contributed by atoms with E-state index in [1.807, 2.05) is 24.3 Å². The van der Waals surface area contributed by atoms with Gasteiger partial charge in [0.05, 0.1) is 12.0 Å². The van der Waals surface area contributed by atoms with Crippen LogP contribution in [-0.4, -0.2) is 32.2 Å². The Balaban J connectivity index is 1.68. The second-order valence-corrected chi connectivity index (χ2v) is 6.45. The van der Waals surface area contributed by atoms with E-state index < -0.39 is 0 Å². The van der Waals surface area contributed by atoms with Crippen LogP contribution >= 0.6 is 15.9 Å². The lowest BCUT2D eigenvalue weighted by Crippen LogP contribution is -2.51. The van der Waals surface area contributed by atoms with Gasteiger partial charge in [-0.3, -0.25) is 4.79 Å². The number of ether oxygens (including phenoxy) is 1. The number of benzene rings is 1. The summed E-state index contributed by atoms with van der Waals surface area (Å²) in [6.45, 7) is 3.50. The maximum atomic E-state index is 12.6. The number of fused-ring (bicyclic) bond motifs is 1. The van der Waals surface area contributed by atoms with E-state index >= 15 is 0 Å². The molecule has 2 heterocycles. The third-order valence-corrected chi connectivity index (χ3v) is 5.21. The van der Waals surface area contributed by atoms with Crippen molar-refractivity contribution in [3.8, 4) is 0 Å². The molecule has 0 bridgehead atoms. The number of hydrogen-bond acceptors (Lipinski definition) is 3. The zero-order valence-corrected chi connectivity index (χ0v) is 12.9. The number of halogens is 1. The van der Waals surface area contributed by atoms with Gasteiger partial charge in [-0.15, -0.1) is 0 Å². The molecular formula is C15H19BrN2O2. The van der Waals surface area contributed by atoms with Crippen molar-refractivity contribution < 1.29 is 9.53 Å². The fourth-order valence-corrected chi connectivity index (χ4v) is 3.59. The molecule has 2 atom stereocenters. The molecule has 5 heteroatoms. The van der Waals surface area contributed by atoms with Gasteiger partial charge >= 0.3 is 0 Å². The number of carbonyl (C=O) groups excluding carboxylic acids is 1. The molecule has 3 rings (SSSR count). The standard InChI is InChI=1S/C15H19BrN2O2/c16-13-4-2-1-3-11(13)7-18-14(19)15-9-17-8-12(15)5-6-20-10-15/h1-4,12,17H,5-10H2,(H,18,19)/t12-,15+/m1/s1. The highest BCUT2D eigenvalue weighted by Crippen LogP contribution is 2.37. The minimum Gasteiger partial charge on any atom is -0.380 e. The molecule has 0 saturated carbocycles. The van der Waals surface area contributed by atoms with Crippen molar-refractivity contribution in [2.45, 2.75) is 13.0 Å². The molecule has 0 spiro atoms. The summed E-state index contributed by atoms with van der Waals surface area (Å²) >= 11 is 3.51. The summed E-state index contributed by atoms with van der Waals surface area (Å²) in [6, 6.07) is 7.96. The van der Waals surface area contributed by atoms with Gasteiger partial charge in [-0.1, -0.05) is 34.1 Å². The van der Waals surface area contributed by atoms with Crippen molar-refractivity contribution in [3.05, 3.63) is 34.3 Å². The topological polar surface area (TPSA) is 50.4 Å². The van der Waals surface area contributed by atoms with Crippen LogP contribution in [0.25, 0.3) is 0 Å². The molecule has 108 valence electrons. The Hall–Kier alpha value is -0.910. The van der Waals surface area contributed by atoms with Crippen molar-refractivity contribution in [1.82, 2.24) is 10.6 Å². The molecule has 2 aliphatic rings. The fourth-order valence-electron chi connectivity index (χ4n) is 3.16. The molecule has 2 aliphatic heterocycles. The van der Waals surface area contributed by atoms with Gasteiger partial charge in [0.15, 0.2) is 0 Å². The quantitative estimate of drug-likeness (QED) is 0.881. The van der Waals surface area contributed by atoms with E-state index in [0.717, 1.165) is 36.2 Å². The van der Waals surface area contributed by atoms with Gasteiger partial charge in [0.1, 0.15) is 0 Å². The number of carbonyl (C=O) groups is 1. The Bertz CT molecular complexity index is 508. The normalized spacial score (nSPS) is 28.9. The molecule has 2 saturated heterocycles. The first-order valence-electron chi connectivity index (χ1n) is 7.02. The van der Waals surface area contributed by atoms with Crippen molar-refractivity contribution in [2.24, 2.45) is 11.3 Å². The molecule has 0 aromatic heterocycles. The lowest BCUT2D eigenvalue weighted by molar-refractivity contribution is -0.141. The SMILES string of the molecule is O=C(NCc1ccccc1Br)[C@]12CNC[C@H]1CCOC2. The highest BCUT2D eigenvalue weighted by atomic mass is 79.9. The van der Waals surface area contributed by atoms with Gasteiger partial charge in [-0.25, -0.2) is 0 Å². The number of nitrogens with one attached hydrogen (secondary N) is 2. The fraction of sp³-hybridized carbons (Fsp3) is 0.533. The molecule has 0 unspecified atom stereocenters. The van der Waals surface area contributed by atoms with Crippen LogP contribution in [0.3, 0.4) is 0 Å². The molecule has 2 fully saturated rings. The summed E-state index contributed by atoms with van der Waals surface area (Å²) in [7, 11) is 0. The first kappa shape index (κ1) is 14.0. The smallest absolute Gasteiger partial charge is 0.230 e. The number of hydrogen-bond donors (Lipinski definition) is 2. The summed E-state index contributed by atoms with van der Waals surface area (Å²) < 4.78 is 6.60. The highest BCUT2D eigenvalue weighted by Gasteiger charge is 2.50. The second-order valence-electron chi connectivity index (χ2n) is 5.60. The number of amides is 1. The van der Waals surface area contributed by atoms with Crippen LogP contribution in [0.2, 0.25) is 0 Å². The minimum atomic E-state index is -0.375. The maximum Gasteiger partial charge on any atom is 0.230 e. The van der Waals surface area contributed by atoms with E-state index in [1.54, 1.807) is 0 Å². The van der Waals surface area contributed by atoms with Gasteiger partial charge in [-0.2, -0.15) is 0 Å². The van der Waals surface area contributed by atoms with Crippen LogP contribution in [-0.2, 0) is 16.1 Å². The monoisotopic (exact) mass is 338 g/mol. The van der Waals surface area contributed by atoms with Crippen molar-refractivity contribution >= 4 is 21.8 Å². The highest BCUT2D eigenvalue weighted by molar-refractivity contribution is 9.10. The van der Waals surface area contributed by atoms with Gasteiger partial charge in [0, 0.05) is 24.2 Å². The Labute approximate surface area is 127 Å². The van der Waals surface area contributed by atoms with Gasteiger partial charge in [0.2, 0.25) is 5.91 Å². The summed E-state index contributed by atoms with van der Waals surface area (Å²) in [5, 5.41) is 6.43. The maximum absolute atomic E-state index is 12.6. The van der Waals surface area contributed by atoms with Gasteiger partial charge in [-0.05, 0) is 30.5 Å². The predicted molar refractivity (Wildman–Crippen MR) is 80.2 cm³/mol. The van der Waals surface area contributed by atoms with E-state index in [0.29, 0.717) is 19.1 Å². The summed E-state index contributed by atoms with van der Waals surface area (Å²) in [5.74, 6) is 0.512. The van der Waals surface area contributed by atoms with Crippen molar-refractivity contribution in [1.29, 1.82) is 0 Å². The van der Waals surface area contributed by atoms with E-state index in [9.17, 15) is 4.79 Å². The van der Waals surface area contributed by atoms with Crippen LogP contribution < -0.4 is 10.6 Å². The molecule has 0 radical (unpaired) electrons. The van der Waals surface area contributed by atoms with E-state index in [2.05, 4.69) is 26.6 Å². The second kappa shape index (κ2) is 5.84. The average Bonchev–Trinajstić information content (AvgIpc) is 2.91. The first-order valence-corrected chi connectivity index (χ1v) is 7.82. The Morgan fingerprint density at radius 3 is 3.20 bits per heavy atom. The molecule has 1 aromatic rings. The van der Waals surface area contributed by atoms with E-state index in [4.69, 9.17) is 4.74 Å². The third-order valence-electron chi connectivity index (χ3n) is 4.43. The molecule has 2 N–H and O–H groups in total. The van der Waals surface area contributed by atoms with Crippen LogP contribution in [0.5, 0.6) is 0 Å². The molecule has 0 aliphatic carbocycles. The summed E-state index contributed by atoms with van der Waals surface area (Å²) in [6.07, 6.45) is 0.968. The van der Waals surface area contributed by atoms with Crippen molar-refractivity contribution in [2.75, 3.05) is 26.3 Å². The van der Waals surface area contributed by atoms with Crippen LogP contribution in [0, 0.1) is 11.3 Å². The predicted octanol–water partition coefficient (Wildman–Crippen LogP) is 1.69. The largest absolute Gasteiger partial charge is 0.380 e. The summed E-state index contributed by atoms with van der Waals surface area (Å²) in [4.78, 5) is 12.6. The van der Waals surface area contributed by atoms with Crippen LogP contribution in [0.4, 0.5) is 0 Å². The third kappa shape index (κ3) is 2.50. The molecule has 1 amide bonds. The lowest BCUT2D eigenvalue weighted by atomic mass is 9.75. The number of rotatable bonds is 3. The van der Waals surface area contributed by atoms with Crippen LogP contribution in [0.15, 0.2) is 28.7 Å². The Kier molecular flexibility index (Phi) is 4.10. The molecular weight excluding hydrogens is 320 g/mol. The average molecular weight is 339 g/mol. The van der Waals surface area contributed by atoms with Gasteiger partial charge in [0.25, 0.3) is 0 Å².